The fourth-order valence-corrected chi connectivity index (χ4v) is 4.11. The molecule has 0 saturated carbocycles. The lowest BCUT2D eigenvalue weighted by Crippen LogP contribution is -2.44. The summed E-state index contributed by atoms with van der Waals surface area (Å²) in [5, 5.41) is 3.40. The number of ether oxygens (including phenoxy) is 3. The number of aromatic nitrogens is 1. The first-order chi connectivity index (χ1) is 15.4. The van der Waals surface area contributed by atoms with Gasteiger partial charge in [0.05, 0.1) is 49.4 Å². The molecule has 1 aromatic heterocycles. The van der Waals surface area contributed by atoms with E-state index in [1.54, 1.807) is 6.20 Å². The first-order valence-electron chi connectivity index (χ1n) is 11.4. The number of nitrogens with zero attached hydrogens (tertiary/aromatic N) is 2. The number of carbonyl (C=O) groups is 1. The van der Waals surface area contributed by atoms with Gasteiger partial charge in [-0.1, -0.05) is 12.1 Å². The Balaban J connectivity index is 1.60. The Hall–Kier alpha value is -2.48. The molecule has 0 spiro atoms. The minimum Gasteiger partial charge on any atom is -0.374 e. The molecule has 2 aromatic rings. The van der Waals surface area contributed by atoms with Crippen molar-refractivity contribution >= 4 is 23.1 Å². The largest absolute Gasteiger partial charge is 0.374 e. The molecular weight excluding hydrogens is 406 g/mol. The predicted molar refractivity (Wildman–Crippen MR) is 124 cm³/mol. The van der Waals surface area contributed by atoms with Crippen molar-refractivity contribution in [1.29, 1.82) is 0 Å². The molecule has 0 aliphatic carbocycles. The van der Waals surface area contributed by atoms with Crippen molar-refractivity contribution in [1.82, 2.24) is 4.98 Å². The number of carbonyl (C=O) groups excluding carboxylic acids is 1. The fraction of sp³-hybridized carbons (Fsp3) is 0.520. The van der Waals surface area contributed by atoms with Crippen LogP contribution in [0.5, 0.6) is 0 Å². The Morgan fingerprint density at radius 1 is 1.22 bits per heavy atom. The second-order valence-corrected chi connectivity index (χ2v) is 8.98. The van der Waals surface area contributed by atoms with Gasteiger partial charge >= 0.3 is 0 Å². The molecular formula is C25H33N3O4. The van der Waals surface area contributed by atoms with Crippen molar-refractivity contribution in [2.24, 2.45) is 0 Å². The molecule has 7 nitrogen and oxygen atoms in total. The highest BCUT2D eigenvalue weighted by Gasteiger charge is 2.34. The highest BCUT2D eigenvalue weighted by Crippen LogP contribution is 2.37. The summed E-state index contributed by atoms with van der Waals surface area (Å²) in [6.07, 6.45) is 3.06. The van der Waals surface area contributed by atoms with Crippen LogP contribution in [-0.2, 0) is 32.2 Å². The molecule has 3 heterocycles. The van der Waals surface area contributed by atoms with Gasteiger partial charge in [0.2, 0.25) is 0 Å². The number of fused-ring (bicyclic) bond motifs is 2. The highest BCUT2D eigenvalue weighted by molar-refractivity contribution is 6.00. The van der Waals surface area contributed by atoms with Crippen molar-refractivity contribution in [2.75, 3.05) is 16.8 Å². The summed E-state index contributed by atoms with van der Waals surface area (Å²) < 4.78 is 17.6. The molecule has 2 aliphatic rings. The van der Waals surface area contributed by atoms with Crippen molar-refractivity contribution < 1.29 is 19.0 Å². The van der Waals surface area contributed by atoms with Gasteiger partial charge in [0.1, 0.15) is 11.9 Å². The maximum atomic E-state index is 13.7. The van der Waals surface area contributed by atoms with Crippen molar-refractivity contribution in [3.63, 3.8) is 0 Å². The average Bonchev–Trinajstić information content (AvgIpc) is 2.93. The summed E-state index contributed by atoms with van der Waals surface area (Å²) in [4.78, 5) is 20.0. The molecule has 7 heteroatoms. The second-order valence-electron chi connectivity index (χ2n) is 8.98. The van der Waals surface area contributed by atoms with E-state index in [1.807, 2.05) is 62.9 Å². The molecule has 1 N–H and O–H groups in total. The van der Waals surface area contributed by atoms with Crippen molar-refractivity contribution in [3.8, 4) is 0 Å². The van der Waals surface area contributed by atoms with Crippen LogP contribution in [0.4, 0.5) is 17.2 Å². The van der Waals surface area contributed by atoms with E-state index in [0.29, 0.717) is 26.2 Å². The van der Waals surface area contributed by atoms with E-state index in [1.165, 1.54) is 0 Å². The zero-order chi connectivity index (χ0) is 22.7. The maximum Gasteiger partial charge on any atom is 0.256 e. The number of benzene rings is 1. The Morgan fingerprint density at radius 3 is 2.78 bits per heavy atom. The lowest BCUT2D eigenvalue weighted by atomic mass is 10.0. The van der Waals surface area contributed by atoms with E-state index < -0.39 is 6.10 Å². The van der Waals surface area contributed by atoms with Crippen LogP contribution in [0.1, 0.15) is 51.7 Å². The monoisotopic (exact) mass is 439 g/mol. The van der Waals surface area contributed by atoms with Gasteiger partial charge in [-0.15, -0.1) is 0 Å². The Kier molecular flexibility index (Phi) is 7.08. The molecule has 2 aliphatic heterocycles. The van der Waals surface area contributed by atoms with Crippen LogP contribution in [0, 0.1) is 0 Å². The molecule has 1 amide bonds. The van der Waals surface area contributed by atoms with Gasteiger partial charge in [-0.05, 0) is 64.3 Å². The summed E-state index contributed by atoms with van der Waals surface area (Å²) in [6, 6.07) is 9.94. The van der Waals surface area contributed by atoms with Crippen LogP contribution in [0.25, 0.3) is 0 Å². The minimum absolute atomic E-state index is 0.0327. The molecule has 2 atom stereocenters. The van der Waals surface area contributed by atoms with Gasteiger partial charge in [0.15, 0.2) is 0 Å². The van der Waals surface area contributed by atoms with E-state index >= 15 is 0 Å². The first-order valence-corrected chi connectivity index (χ1v) is 11.4. The standard InChI is InChI=1S/C25H33N3O4/c1-16(2)30-14-18-7-9-21-22(12-18)28(13-19-6-5-11-26-24(19)27-21)25(29)23-10-8-20(15-31-23)32-17(3)4/h5-7,9,11-12,16-17,20,23H,8,10,13-15H2,1-4H3,(H,26,27)/t20-,23+/m0/s1. The smallest absolute Gasteiger partial charge is 0.256 e. The fourth-order valence-electron chi connectivity index (χ4n) is 4.11. The van der Waals surface area contributed by atoms with Crippen LogP contribution >= 0.6 is 0 Å². The Labute approximate surface area is 190 Å². The molecule has 1 saturated heterocycles. The normalized spacial score (nSPS) is 20.5. The molecule has 0 radical (unpaired) electrons. The molecule has 0 unspecified atom stereocenters. The zero-order valence-corrected chi connectivity index (χ0v) is 19.3. The van der Waals surface area contributed by atoms with Crippen molar-refractivity contribution in [2.45, 2.75) is 78.1 Å². The lowest BCUT2D eigenvalue weighted by Gasteiger charge is -2.33. The van der Waals surface area contributed by atoms with E-state index in [-0.39, 0.29) is 24.2 Å². The number of hydrogen-bond donors (Lipinski definition) is 1. The Morgan fingerprint density at radius 2 is 2.06 bits per heavy atom. The number of anilines is 3. The van der Waals surface area contributed by atoms with Gasteiger partial charge in [-0.3, -0.25) is 4.79 Å². The third-order valence-electron chi connectivity index (χ3n) is 5.65. The summed E-state index contributed by atoms with van der Waals surface area (Å²) in [5.74, 6) is 0.736. The average molecular weight is 440 g/mol. The third kappa shape index (κ3) is 5.28. The Bertz CT molecular complexity index is 939. The lowest BCUT2D eigenvalue weighted by molar-refractivity contribution is -0.143. The van der Waals surface area contributed by atoms with Crippen LogP contribution in [0.2, 0.25) is 0 Å². The molecule has 1 aromatic carbocycles. The van der Waals surface area contributed by atoms with Gasteiger partial charge in [-0.25, -0.2) is 4.98 Å². The predicted octanol–water partition coefficient (Wildman–Crippen LogP) is 4.57. The van der Waals surface area contributed by atoms with Gasteiger partial charge in [-0.2, -0.15) is 0 Å². The number of pyridine rings is 1. The third-order valence-corrected chi connectivity index (χ3v) is 5.65. The van der Waals surface area contributed by atoms with E-state index in [9.17, 15) is 4.79 Å². The number of nitrogens with one attached hydrogen (secondary N) is 1. The number of hydrogen-bond acceptors (Lipinski definition) is 6. The first kappa shape index (κ1) is 22.7. The van der Waals surface area contributed by atoms with Crippen LogP contribution in [0.15, 0.2) is 36.5 Å². The highest BCUT2D eigenvalue weighted by atomic mass is 16.5. The maximum absolute atomic E-state index is 13.7. The molecule has 1 fully saturated rings. The summed E-state index contributed by atoms with van der Waals surface area (Å²) in [6.45, 7) is 9.43. The SMILES string of the molecule is CC(C)OCc1ccc2c(c1)N(C(=O)[C@H]1CC[C@H](OC(C)C)CO1)Cc1cccnc1N2. The molecule has 0 bridgehead atoms. The second kappa shape index (κ2) is 9.98. The molecule has 32 heavy (non-hydrogen) atoms. The van der Waals surface area contributed by atoms with Crippen LogP contribution < -0.4 is 10.2 Å². The van der Waals surface area contributed by atoms with Crippen LogP contribution in [0.3, 0.4) is 0 Å². The summed E-state index contributed by atoms with van der Waals surface area (Å²) >= 11 is 0. The molecule has 172 valence electrons. The van der Waals surface area contributed by atoms with E-state index in [0.717, 1.165) is 34.7 Å². The van der Waals surface area contributed by atoms with Crippen LogP contribution in [-0.4, -0.2) is 41.9 Å². The van der Waals surface area contributed by atoms with Crippen molar-refractivity contribution in [3.05, 3.63) is 47.7 Å². The number of amides is 1. The van der Waals surface area contributed by atoms with E-state index in [4.69, 9.17) is 14.2 Å². The van der Waals surface area contributed by atoms with E-state index in [2.05, 4.69) is 10.3 Å². The molecule has 4 rings (SSSR count). The number of rotatable bonds is 6. The quantitative estimate of drug-likeness (QED) is 0.711. The summed E-state index contributed by atoms with van der Waals surface area (Å²) in [7, 11) is 0. The van der Waals surface area contributed by atoms with Gasteiger partial charge in [0.25, 0.3) is 5.91 Å². The van der Waals surface area contributed by atoms with Gasteiger partial charge in [0, 0.05) is 11.8 Å². The minimum atomic E-state index is -0.483. The summed E-state index contributed by atoms with van der Waals surface area (Å²) in [5.41, 5.74) is 3.66. The zero-order valence-electron chi connectivity index (χ0n) is 19.3. The van der Waals surface area contributed by atoms with Gasteiger partial charge < -0.3 is 24.4 Å². The topological polar surface area (TPSA) is 72.9 Å².